The van der Waals surface area contributed by atoms with Gasteiger partial charge in [-0.2, -0.15) is 0 Å². The molecule has 0 N–H and O–H groups in total. The first-order chi connectivity index (χ1) is 19.4. The number of hydrogen-bond donors (Lipinski definition) is 0. The molecule has 0 aliphatic carbocycles. The fourth-order valence-electron chi connectivity index (χ4n) is 6.48. The highest BCUT2D eigenvalue weighted by molar-refractivity contribution is 7.27. The lowest BCUT2D eigenvalue weighted by Gasteiger charge is -2.12. The van der Waals surface area contributed by atoms with Gasteiger partial charge in [0.05, 0.1) is 34.0 Å². The maximum atomic E-state index is 4.53. The Morgan fingerprint density at radius 3 is 1.82 bits per heavy atom. The number of thiophene rings is 1. The molecule has 0 bridgehead atoms. The lowest BCUT2D eigenvalue weighted by Crippen LogP contribution is -1.99. The Labute approximate surface area is 227 Å². The molecule has 0 unspecified atom stereocenters. The van der Waals surface area contributed by atoms with Gasteiger partial charge in [-0.1, -0.05) is 72.8 Å². The zero-order valence-electron chi connectivity index (χ0n) is 20.9. The van der Waals surface area contributed by atoms with E-state index in [0.29, 0.717) is 0 Å². The molecular weight excluding hydrogens is 494 g/mol. The standard InChI is InChI=1S/C35H21N3S/c1-2-11-22(12-3-1)37-27-17-7-4-14-24(27)30-31-26-16-6-9-19-29(26)39-35(31)32-25-15-5-8-18-28(25)38(34(32)33(30)37)23-13-10-20-36-21-23/h1-21H. The van der Waals surface area contributed by atoms with Crippen LogP contribution < -0.4 is 0 Å². The summed E-state index contributed by atoms with van der Waals surface area (Å²) in [5.41, 5.74) is 7.08. The summed E-state index contributed by atoms with van der Waals surface area (Å²) in [4.78, 5) is 4.53. The van der Waals surface area contributed by atoms with E-state index in [0.717, 1.165) is 11.4 Å². The van der Waals surface area contributed by atoms with Crippen LogP contribution in [0.5, 0.6) is 0 Å². The van der Waals surface area contributed by atoms with Crippen molar-refractivity contribution in [2.24, 2.45) is 0 Å². The van der Waals surface area contributed by atoms with Gasteiger partial charge in [-0.3, -0.25) is 4.98 Å². The lowest BCUT2D eigenvalue weighted by atomic mass is 10.0. The Bertz CT molecular complexity index is 2370. The van der Waals surface area contributed by atoms with E-state index < -0.39 is 0 Å². The molecule has 182 valence electrons. The van der Waals surface area contributed by atoms with Crippen LogP contribution in [0.3, 0.4) is 0 Å². The first-order valence-corrected chi connectivity index (χ1v) is 14.0. The molecular formula is C35H21N3S. The minimum atomic E-state index is 1.07. The van der Waals surface area contributed by atoms with Crippen LogP contribution in [0.25, 0.3) is 75.2 Å². The molecule has 0 saturated heterocycles. The molecule has 0 amide bonds. The van der Waals surface area contributed by atoms with E-state index in [1.165, 1.54) is 63.8 Å². The van der Waals surface area contributed by atoms with Gasteiger partial charge in [0.2, 0.25) is 0 Å². The normalized spacial score (nSPS) is 12.1. The summed E-state index contributed by atoms with van der Waals surface area (Å²) in [5.74, 6) is 0. The van der Waals surface area contributed by atoms with Gasteiger partial charge in [0.1, 0.15) is 0 Å². The van der Waals surface area contributed by atoms with Gasteiger partial charge >= 0.3 is 0 Å². The van der Waals surface area contributed by atoms with E-state index in [-0.39, 0.29) is 0 Å². The third-order valence-electron chi connectivity index (χ3n) is 7.96. The Balaban J connectivity index is 1.71. The summed E-state index contributed by atoms with van der Waals surface area (Å²) in [5, 5.41) is 7.81. The SMILES string of the molecule is c1ccc(-n2c3ccccc3c3c4c5ccccc5sc4c4c5ccccc5n(-c5cccnc5)c4c32)cc1. The molecule has 0 saturated carbocycles. The molecule has 3 nitrogen and oxygen atoms in total. The minimum Gasteiger partial charge on any atom is -0.307 e. The van der Waals surface area contributed by atoms with Gasteiger partial charge in [-0.25, -0.2) is 0 Å². The predicted molar refractivity (Wildman–Crippen MR) is 166 cm³/mol. The molecule has 0 spiro atoms. The summed E-state index contributed by atoms with van der Waals surface area (Å²) in [6.45, 7) is 0. The molecule has 39 heavy (non-hydrogen) atoms. The van der Waals surface area contributed by atoms with Crippen molar-refractivity contribution < 1.29 is 0 Å². The third-order valence-corrected chi connectivity index (χ3v) is 9.15. The van der Waals surface area contributed by atoms with Crippen molar-refractivity contribution in [1.29, 1.82) is 0 Å². The quantitative estimate of drug-likeness (QED) is 0.225. The van der Waals surface area contributed by atoms with E-state index in [4.69, 9.17) is 0 Å². The molecule has 0 atom stereocenters. The number of benzene rings is 5. The summed E-state index contributed by atoms with van der Waals surface area (Å²) >= 11 is 1.90. The number of aromatic nitrogens is 3. The monoisotopic (exact) mass is 515 g/mol. The maximum Gasteiger partial charge on any atom is 0.0804 e. The van der Waals surface area contributed by atoms with E-state index >= 15 is 0 Å². The van der Waals surface area contributed by atoms with E-state index in [1.807, 2.05) is 29.8 Å². The fourth-order valence-corrected chi connectivity index (χ4v) is 7.75. The second-order valence-corrected chi connectivity index (χ2v) is 11.1. The van der Waals surface area contributed by atoms with Crippen LogP contribution in [0.15, 0.2) is 128 Å². The Morgan fingerprint density at radius 2 is 1.08 bits per heavy atom. The average Bonchev–Trinajstić information content (AvgIpc) is 3.66. The number of fused-ring (bicyclic) bond motifs is 12. The molecule has 5 aromatic carbocycles. The first kappa shape index (κ1) is 21.1. The largest absolute Gasteiger partial charge is 0.307 e. The average molecular weight is 516 g/mol. The summed E-state index contributed by atoms with van der Waals surface area (Å²) in [6.07, 6.45) is 3.82. The van der Waals surface area contributed by atoms with Crippen molar-refractivity contribution in [1.82, 2.24) is 14.1 Å². The van der Waals surface area contributed by atoms with E-state index in [9.17, 15) is 0 Å². The fraction of sp³-hybridized carbons (Fsp3) is 0. The van der Waals surface area contributed by atoms with Crippen molar-refractivity contribution in [3.63, 3.8) is 0 Å². The van der Waals surface area contributed by atoms with Crippen LogP contribution in [0.4, 0.5) is 0 Å². The molecule has 9 aromatic rings. The molecule has 0 fully saturated rings. The maximum absolute atomic E-state index is 4.53. The number of rotatable bonds is 2. The zero-order chi connectivity index (χ0) is 25.5. The predicted octanol–water partition coefficient (Wildman–Crippen LogP) is 9.64. The van der Waals surface area contributed by atoms with Gasteiger partial charge in [0.15, 0.2) is 0 Å². The summed E-state index contributed by atoms with van der Waals surface area (Å²) in [7, 11) is 0. The molecule has 4 heteroatoms. The van der Waals surface area contributed by atoms with Crippen LogP contribution in [0.2, 0.25) is 0 Å². The van der Waals surface area contributed by atoms with Gasteiger partial charge < -0.3 is 9.13 Å². The molecule has 4 aromatic heterocycles. The highest BCUT2D eigenvalue weighted by Crippen LogP contribution is 2.50. The van der Waals surface area contributed by atoms with E-state index in [1.54, 1.807) is 0 Å². The van der Waals surface area contributed by atoms with E-state index in [2.05, 4.69) is 123 Å². The Hall–Kier alpha value is -4.93. The van der Waals surface area contributed by atoms with Gasteiger partial charge in [0, 0.05) is 53.6 Å². The highest BCUT2D eigenvalue weighted by Gasteiger charge is 2.26. The lowest BCUT2D eigenvalue weighted by molar-refractivity contribution is 1.13. The molecule has 0 aliphatic rings. The van der Waals surface area contributed by atoms with Crippen LogP contribution in [0, 0.1) is 0 Å². The molecule has 4 heterocycles. The minimum absolute atomic E-state index is 1.07. The van der Waals surface area contributed by atoms with Crippen LogP contribution in [0.1, 0.15) is 0 Å². The highest BCUT2D eigenvalue weighted by atomic mass is 32.1. The van der Waals surface area contributed by atoms with Crippen LogP contribution >= 0.6 is 11.3 Å². The zero-order valence-corrected chi connectivity index (χ0v) is 21.7. The number of pyridine rings is 1. The number of para-hydroxylation sites is 3. The number of hydrogen-bond acceptors (Lipinski definition) is 2. The van der Waals surface area contributed by atoms with Crippen molar-refractivity contribution >= 4 is 75.1 Å². The summed E-state index contributed by atoms with van der Waals surface area (Å²) in [6, 6.07) is 41.5. The van der Waals surface area contributed by atoms with Crippen LogP contribution in [-0.2, 0) is 0 Å². The second-order valence-electron chi connectivity index (χ2n) is 10.0. The Morgan fingerprint density at radius 1 is 0.487 bits per heavy atom. The van der Waals surface area contributed by atoms with Crippen molar-refractivity contribution in [2.75, 3.05) is 0 Å². The topological polar surface area (TPSA) is 22.8 Å². The molecule has 0 radical (unpaired) electrons. The third kappa shape index (κ3) is 2.73. The van der Waals surface area contributed by atoms with Gasteiger partial charge in [-0.15, -0.1) is 11.3 Å². The van der Waals surface area contributed by atoms with Gasteiger partial charge in [-0.05, 0) is 42.5 Å². The van der Waals surface area contributed by atoms with Crippen molar-refractivity contribution in [3.8, 4) is 11.4 Å². The van der Waals surface area contributed by atoms with Crippen molar-refractivity contribution in [2.45, 2.75) is 0 Å². The first-order valence-electron chi connectivity index (χ1n) is 13.2. The van der Waals surface area contributed by atoms with Crippen LogP contribution in [-0.4, -0.2) is 14.1 Å². The second kappa shape index (κ2) is 7.79. The van der Waals surface area contributed by atoms with Crippen molar-refractivity contribution in [3.05, 3.63) is 128 Å². The number of nitrogens with zero attached hydrogens (tertiary/aromatic N) is 3. The smallest absolute Gasteiger partial charge is 0.0804 e. The van der Waals surface area contributed by atoms with Gasteiger partial charge in [0.25, 0.3) is 0 Å². The molecule has 0 aliphatic heterocycles. The Kier molecular flexibility index (Phi) is 4.21. The summed E-state index contributed by atoms with van der Waals surface area (Å²) < 4.78 is 7.54. The molecule has 9 rings (SSSR count).